The van der Waals surface area contributed by atoms with Gasteiger partial charge in [-0.05, 0) is 78.0 Å². The molecule has 5 rings (SSSR count). The summed E-state index contributed by atoms with van der Waals surface area (Å²) in [5, 5.41) is 36.6. The Labute approximate surface area is 283 Å². The molecule has 4 aromatic carbocycles. The minimum atomic E-state index is -1.12. The van der Waals surface area contributed by atoms with Crippen LogP contribution in [0.2, 0.25) is 0 Å². The standard InChI is InChI=1S/C38H40N4O7/c1-42(21-6-5-20-39-23-33(44)30-16-18-32(43)36-31(30)17-19-34(45)40-36)37(46)27-14-12-25(13-15-27)24-49-29-11-7-10-28(22-29)35(41-38(47)48)26-8-3-2-4-9-26/h2-4,7-19,22,33,35,39,41,43-44H,5-6,20-21,23-24H2,1H3,(H,40,45)(H,47,48)/t33-,35?/m1/s1. The number of phenolic OH excluding ortho intramolecular Hbond substituents is 1. The van der Waals surface area contributed by atoms with E-state index in [9.17, 15) is 29.7 Å². The van der Waals surface area contributed by atoms with E-state index >= 15 is 0 Å². The summed E-state index contributed by atoms with van der Waals surface area (Å²) in [6.07, 6.45) is -0.381. The molecule has 0 saturated heterocycles. The highest BCUT2D eigenvalue weighted by atomic mass is 16.5. The van der Waals surface area contributed by atoms with Gasteiger partial charge in [-0.2, -0.15) is 0 Å². The number of aromatic hydroxyl groups is 1. The Morgan fingerprint density at radius 3 is 2.41 bits per heavy atom. The maximum absolute atomic E-state index is 13.0. The van der Waals surface area contributed by atoms with Crippen LogP contribution in [0.1, 0.15) is 57.6 Å². The number of ether oxygens (including phenoxy) is 1. The van der Waals surface area contributed by atoms with Crippen LogP contribution in [0.3, 0.4) is 0 Å². The van der Waals surface area contributed by atoms with Gasteiger partial charge < -0.3 is 40.6 Å². The van der Waals surface area contributed by atoms with E-state index in [2.05, 4.69) is 15.6 Å². The predicted octanol–water partition coefficient (Wildman–Crippen LogP) is 5.35. The molecule has 0 aliphatic carbocycles. The van der Waals surface area contributed by atoms with Gasteiger partial charge >= 0.3 is 6.09 Å². The van der Waals surface area contributed by atoms with Crippen LogP contribution in [0.5, 0.6) is 11.5 Å². The van der Waals surface area contributed by atoms with Crippen LogP contribution in [0.25, 0.3) is 10.9 Å². The van der Waals surface area contributed by atoms with Gasteiger partial charge in [0.25, 0.3) is 5.91 Å². The monoisotopic (exact) mass is 664 g/mol. The Balaban J connectivity index is 1.05. The van der Waals surface area contributed by atoms with Crippen molar-refractivity contribution < 1.29 is 29.6 Å². The van der Waals surface area contributed by atoms with Crippen molar-refractivity contribution in [2.45, 2.75) is 31.6 Å². The highest BCUT2D eigenvalue weighted by Crippen LogP contribution is 2.29. The highest BCUT2D eigenvalue weighted by molar-refractivity contribution is 5.94. The number of phenols is 1. The summed E-state index contributed by atoms with van der Waals surface area (Å²) in [4.78, 5) is 40.4. The molecule has 0 aliphatic heterocycles. The van der Waals surface area contributed by atoms with E-state index in [-0.39, 0.29) is 23.8 Å². The Kier molecular flexibility index (Phi) is 11.6. The number of carboxylic acid groups (broad SMARTS) is 1. The molecule has 0 fully saturated rings. The van der Waals surface area contributed by atoms with Crippen molar-refractivity contribution in [3.05, 3.63) is 141 Å². The first kappa shape index (κ1) is 34.7. The first-order valence-electron chi connectivity index (χ1n) is 16.0. The second-order valence-corrected chi connectivity index (χ2v) is 11.8. The van der Waals surface area contributed by atoms with Gasteiger partial charge in [-0.15, -0.1) is 0 Å². The molecule has 0 saturated carbocycles. The minimum Gasteiger partial charge on any atom is -0.506 e. The van der Waals surface area contributed by atoms with Crippen LogP contribution in [0.4, 0.5) is 4.79 Å². The first-order chi connectivity index (χ1) is 23.7. The molecule has 6 N–H and O–H groups in total. The number of nitrogens with one attached hydrogen (secondary N) is 3. The molecular weight excluding hydrogens is 624 g/mol. The molecule has 254 valence electrons. The summed E-state index contributed by atoms with van der Waals surface area (Å²) < 4.78 is 6.01. The number of aliphatic hydroxyl groups is 1. The Morgan fingerprint density at radius 2 is 1.65 bits per heavy atom. The molecule has 0 aliphatic rings. The fraction of sp³-hybridized carbons (Fsp3) is 0.237. The molecule has 11 nitrogen and oxygen atoms in total. The van der Waals surface area contributed by atoms with Crippen molar-refractivity contribution in [2.75, 3.05) is 26.7 Å². The van der Waals surface area contributed by atoms with E-state index in [1.54, 1.807) is 36.2 Å². The molecule has 2 amide bonds. The molecule has 2 atom stereocenters. The molecule has 5 aromatic rings. The Morgan fingerprint density at radius 1 is 0.898 bits per heavy atom. The van der Waals surface area contributed by atoms with Crippen LogP contribution in [0, 0.1) is 0 Å². The zero-order valence-corrected chi connectivity index (χ0v) is 27.1. The van der Waals surface area contributed by atoms with Crippen molar-refractivity contribution in [3.63, 3.8) is 0 Å². The third-order valence-electron chi connectivity index (χ3n) is 8.25. The minimum absolute atomic E-state index is 0.0509. The van der Waals surface area contributed by atoms with Gasteiger partial charge in [0, 0.05) is 37.2 Å². The summed E-state index contributed by atoms with van der Waals surface area (Å²) in [5.41, 5.74) is 3.61. The number of hydrogen-bond acceptors (Lipinski definition) is 7. The SMILES string of the molecule is CN(CCCCNC[C@@H](O)c1ccc(O)c2[nH]c(=O)ccc12)C(=O)c1ccc(COc2cccc(C(NC(=O)O)c3ccccc3)c2)cc1. The lowest BCUT2D eigenvalue weighted by atomic mass is 9.98. The number of amides is 2. The number of nitrogens with zero attached hydrogens (tertiary/aromatic N) is 1. The number of aromatic amines is 1. The van der Waals surface area contributed by atoms with Crippen molar-refractivity contribution in [1.82, 2.24) is 20.5 Å². The third kappa shape index (κ3) is 9.25. The third-order valence-corrected chi connectivity index (χ3v) is 8.25. The number of unbranched alkanes of at least 4 members (excludes halogenated alkanes) is 1. The van der Waals surface area contributed by atoms with E-state index in [4.69, 9.17) is 4.74 Å². The second kappa shape index (κ2) is 16.4. The molecule has 49 heavy (non-hydrogen) atoms. The van der Waals surface area contributed by atoms with E-state index in [0.29, 0.717) is 47.4 Å². The fourth-order valence-corrected chi connectivity index (χ4v) is 5.64. The molecule has 1 aromatic heterocycles. The van der Waals surface area contributed by atoms with Crippen LogP contribution in [0.15, 0.2) is 108 Å². The smallest absolute Gasteiger partial charge is 0.405 e. The van der Waals surface area contributed by atoms with Crippen LogP contribution < -0.4 is 20.9 Å². The van der Waals surface area contributed by atoms with E-state index in [1.165, 1.54) is 12.1 Å². The van der Waals surface area contributed by atoms with Crippen molar-refractivity contribution in [1.29, 1.82) is 0 Å². The second-order valence-electron chi connectivity index (χ2n) is 11.8. The quantitative estimate of drug-likeness (QED) is 0.0817. The largest absolute Gasteiger partial charge is 0.506 e. The number of carbonyl (C=O) groups is 2. The summed E-state index contributed by atoms with van der Waals surface area (Å²) in [6.45, 7) is 1.79. The Bertz CT molecular complexity index is 1930. The molecule has 0 bridgehead atoms. The van der Waals surface area contributed by atoms with E-state index in [0.717, 1.165) is 29.5 Å². The van der Waals surface area contributed by atoms with Gasteiger partial charge in [0.2, 0.25) is 5.56 Å². The van der Waals surface area contributed by atoms with Crippen molar-refractivity contribution >= 4 is 22.9 Å². The fourth-order valence-electron chi connectivity index (χ4n) is 5.64. The number of H-pyrrole nitrogens is 1. The van der Waals surface area contributed by atoms with Crippen LogP contribution >= 0.6 is 0 Å². The summed E-state index contributed by atoms with van der Waals surface area (Å²) in [5.74, 6) is 0.463. The molecule has 1 unspecified atom stereocenters. The normalized spacial score (nSPS) is 12.3. The number of hydrogen-bond donors (Lipinski definition) is 6. The average molecular weight is 665 g/mol. The van der Waals surface area contributed by atoms with Gasteiger partial charge in [-0.3, -0.25) is 9.59 Å². The average Bonchev–Trinajstić information content (AvgIpc) is 3.11. The predicted molar refractivity (Wildman–Crippen MR) is 187 cm³/mol. The zero-order chi connectivity index (χ0) is 34.8. The van der Waals surface area contributed by atoms with Gasteiger partial charge in [-0.1, -0.05) is 60.7 Å². The van der Waals surface area contributed by atoms with Gasteiger partial charge in [-0.25, -0.2) is 4.79 Å². The van der Waals surface area contributed by atoms with E-state index in [1.807, 2.05) is 66.7 Å². The number of rotatable bonds is 15. The van der Waals surface area contributed by atoms with Crippen molar-refractivity contribution in [2.24, 2.45) is 0 Å². The molecule has 1 heterocycles. The lowest BCUT2D eigenvalue weighted by Crippen LogP contribution is -2.29. The number of carbonyl (C=O) groups excluding carboxylic acids is 1. The molecule has 11 heteroatoms. The first-order valence-corrected chi connectivity index (χ1v) is 16.0. The number of benzene rings is 4. The summed E-state index contributed by atoms with van der Waals surface area (Å²) in [7, 11) is 1.77. The zero-order valence-electron chi connectivity index (χ0n) is 27.1. The maximum Gasteiger partial charge on any atom is 0.405 e. The molecule has 0 spiro atoms. The van der Waals surface area contributed by atoms with E-state index < -0.39 is 18.2 Å². The number of pyridine rings is 1. The summed E-state index contributed by atoms with van der Waals surface area (Å²) >= 11 is 0. The number of fused-ring (bicyclic) bond motifs is 1. The number of aromatic nitrogens is 1. The topological polar surface area (TPSA) is 164 Å². The molecule has 0 radical (unpaired) electrons. The maximum atomic E-state index is 13.0. The van der Waals surface area contributed by atoms with Gasteiger partial charge in [0.05, 0.1) is 17.7 Å². The van der Waals surface area contributed by atoms with Gasteiger partial charge in [0.15, 0.2) is 0 Å². The lowest BCUT2D eigenvalue weighted by Gasteiger charge is -2.19. The van der Waals surface area contributed by atoms with Gasteiger partial charge in [0.1, 0.15) is 18.1 Å². The summed E-state index contributed by atoms with van der Waals surface area (Å²) in [6, 6.07) is 29.4. The highest BCUT2D eigenvalue weighted by Gasteiger charge is 2.18. The lowest BCUT2D eigenvalue weighted by molar-refractivity contribution is 0.0792. The number of aliphatic hydroxyl groups excluding tert-OH is 1. The van der Waals surface area contributed by atoms with Crippen LogP contribution in [-0.4, -0.2) is 63.9 Å². The Hall–Kier alpha value is -5.65. The van der Waals surface area contributed by atoms with Crippen LogP contribution in [-0.2, 0) is 6.61 Å². The van der Waals surface area contributed by atoms with Crippen molar-refractivity contribution in [3.8, 4) is 11.5 Å². The molecular formula is C38H40N4O7.